The number of nitrogens with zero attached hydrogens (tertiary/aromatic N) is 5. The third-order valence-corrected chi connectivity index (χ3v) is 12.3. The molecule has 0 saturated heterocycles. The number of benzene rings is 6. The van der Waals surface area contributed by atoms with Crippen LogP contribution >= 0.6 is 0 Å². The molecule has 0 spiro atoms. The summed E-state index contributed by atoms with van der Waals surface area (Å²) in [6.45, 7) is 13.2. The zero-order valence-corrected chi connectivity index (χ0v) is 33.9. The van der Waals surface area contributed by atoms with Crippen LogP contribution in [0.4, 0.5) is 0 Å². The number of fused-ring (bicyclic) bond motifs is 12. The van der Waals surface area contributed by atoms with Crippen molar-refractivity contribution in [1.29, 1.82) is 0 Å². The minimum Gasteiger partial charge on any atom is -0.457 e. The molecule has 0 amide bonds. The van der Waals surface area contributed by atoms with Crippen LogP contribution in [0.5, 0.6) is 11.5 Å². The van der Waals surface area contributed by atoms with Crippen LogP contribution in [0.2, 0.25) is 0 Å². The van der Waals surface area contributed by atoms with Crippen molar-refractivity contribution in [2.45, 2.75) is 41.5 Å². The molecule has 6 aromatic carbocycles. The molecule has 0 aliphatic heterocycles. The Morgan fingerprint density at radius 2 is 1.05 bits per heavy atom. The zero-order chi connectivity index (χ0) is 40.1. The molecular weight excluding hydrogens is 723 g/mol. The molecule has 284 valence electrons. The van der Waals surface area contributed by atoms with Gasteiger partial charge in [0.15, 0.2) is 0 Å². The predicted octanol–water partition coefficient (Wildman–Crippen LogP) is 13.6. The summed E-state index contributed by atoms with van der Waals surface area (Å²) in [5.41, 5.74) is 19.4. The lowest BCUT2D eigenvalue weighted by molar-refractivity contribution is 0.484. The van der Waals surface area contributed by atoms with Crippen molar-refractivity contribution in [3.05, 3.63) is 173 Å². The lowest BCUT2D eigenvalue weighted by Gasteiger charge is -2.21. The van der Waals surface area contributed by atoms with E-state index < -0.39 is 0 Å². The Labute approximate surface area is 342 Å². The first-order chi connectivity index (χ1) is 28.8. The van der Waals surface area contributed by atoms with Gasteiger partial charge in [-0.05, 0) is 146 Å². The minimum atomic E-state index is 0.722. The van der Waals surface area contributed by atoms with Gasteiger partial charge < -0.3 is 4.74 Å². The quantitative estimate of drug-likeness (QED) is 0.164. The third kappa shape index (κ3) is 5.22. The van der Waals surface area contributed by atoms with Gasteiger partial charge in [0, 0.05) is 51.3 Å². The van der Waals surface area contributed by atoms with Gasteiger partial charge in [0.25, 0.3) is 0 Å². The van der Waals surface area contributed by atoms with Gasteiger partial charge in [0.1, 0.15) is 22.8 Å². The van der Waals surface area contributed by atoms with E-state index in [-0.39, 0.29) is 0 Å². The molecule has 5 heterocycles. The number of ether oxygens (including phenoxy) is 1. The Bertz CT molecular complexity index is 3490. The standard InChI is InChI=1S/C53H41N5O/c1-30-11-7-12-31(2)46(30)40-22-23-41(47-32(3)13-8-14-33(47)4)51-49(40)38-20-18-36(27-42(38)52-55-25-26-57(51)52)59-37-19-21-39-43(28-37)53-56-29-45(48-34(5)15-9-16-35(48)6)58(53)44-17-10-24-54-50(39)44/h7-29H,1-6H3. The van der Waals surface area contributed by atoms with E-state index in [4.69, 9.17) is 19.7 Å². The Morgan fingerprint density at radius 3 is 1.71 bits per heavy atom. The monoisotopic (exact) mass is 763 g/mol. The molecule has 0 radical (unpaired) electrons. The molecule has 0 bridgehead atoms. The summed E-state index contributed by atoms with van der Waals surface area (Å²) in [7, 11) is 0. The molecule has 0 atom stereocenters. The molecular formula is C53H41N5O. The van der Waals surface area contributed by atoms with Gasteiger partial charge in [-0.3, -0.25) is 13.8 Å². The smallest absolute Gasteiger partial charge is 0.145 e. The van der Waals surface area contributed by atoms with Crippen molar-refractivity contribution < 1.29 is 4.74 Å². The fourth-order valence-electron chi connectivity index (χ4n) is 9.76. The van der Waals surface area contributed by atoms with Gasteiger partial charge in [0.2, 0.25) is 0 Å². The molecule has 5 aromatic heterocycles. The highest BCUT2D eigenvalue weighted by Gasteiger charge is 2.22. The summed E-state index contributed by atoms with van der Waals surface area (Å²) in [5.74, 6) is 1.45. The number of aromatic nitrogens is 5. The Kier molecular flexibility index (Phi) is 7.76. The molecule has 59 heavy (non-hydrogen) atoms. The SMILES string of the molecule is Cc1cccc(C)c1-c1ccc(-c2c(C)cccc2C)c2c1c1ccc(Oc3ccc4c(c3)c3ncc(-c5c(C)cccc5C)n3c3cccnc43)cc1c1nccn12. The Morgan fingerprint density at radius 1 is 0.475 bits per heavy atom. The molecule has 0 N–H and O–H groups in total. The first kappa shape index (κ1) is 34.9. The van der Waals surface area contributed by atoms with E-state index >= 15 is 0 Å². The van der Waals surface area contributed by atoms with Gasteiger partial charge in [-0.2, -0.15) is 0 Å². The molecule has 0 fully saturated rings. The van der Waals surface area contributed by atoms with Crippen LogP contribution in [0.1, 0.15) is 33.4 Å². The maximum absolute atomic E-state index is 6.81. The summed E-state index contributed by atoms with van der Waals surface area (Å²) in [6.07, 6.45) is 7.86. The minimum absolute atomic E-state index is 0.722. The molecule has 11 aromatic rings. The van der Waals surface area contributed by atoms with E-state index in [2.05, 4.69) is 160 Å². The maximum Gasteiger partial charge on any atom is 0.145 e. The highest BCUT2D eigenvalue weighted by molar-refractivity contribution is 6.21. The third-order valence-electron chi connectivity index (χ3n) is 12.3. The number of hydrogen-bond acceptors (Lipinski definition) is 4. The van der Waals surface area contributed by atoms with Gasteiger partial charge in [-0.1, -0.05) is 66.7 Å². The summed E-state index contributed by atoms with van der Waals surface area (Å²) in [6, 6.07) is 41.0. The van der Waals surface area contributed by atoms with Crippen LogP contribution in [-0.4, -0.2) is 23.8 Å². The molecule has 0 aliphatic rings. The van der Waals surface area contributed by atoms with Crippen molar-refractivity contribution in [3.8, 4) is 45.0 Å². The van der Waals surface area contributed by atoms with E-state index in [0.29, 0.717) is 0 Å². The van der Waals surface area contributed by atoms with Crippen LogP contribution < -0.4 is 4.74 Å². The van der Waals surface area contributed by atoms with Crippen molar-refractivity contribution in [3.63, 3.8) is 0 Å². The second kappa shape index (κ2) is 13.1. The number of imidazole rings is 2. The topological polar surface area (TPSA) is 56.7 Å². The summed E-state index contributed by atoms with van der Waals surface area (Å²) in [4.78, 5) is 14.9. The van der Waals surface area contributed by atoms with Crippen LogP contribution in [0.3, 0.4) is 0 Å². The van der Waals surface area contributed by atoms with E-state index in [1.165, 1.54) is 66.6 Å². The summed E-state index contributed by atoms with van der Waals surface area (Å²) < 4.78 is 11.3. The lowest BCUT2D eigenvalue weighted by atomic mass is 9.86. The highest BCUT2D eigenvalue weighted by Crippen LogP contribution is 2.45. The Hall–Kier alpha value is -7.31. The largest absolute Gasteiger partial charge is 0.457 e. The summed E-state index contributed by atoms with van der Waals surface area (Å²) >= 11 is 0. The van der Waals surface area contributed by atoms with Gasteiger partial charge >= 0.3 is 0 Å². The van der Waals surface area contributed by atoms with Crippen LogP contribution in [0, 0.1) is 41.5 Å². The van der Waals surface area contributed by atoms with Crippen molar-refractivity contribution in [1.82, 2.24) is 23.8 Å². The normalized spacial score (nSPS) is 11.9. The van der Waals surface area contributed by atoms with Crippen LogP contribution in [0.15, 0.2) is 140 Å². The van der Waals surface area contributed by atoms with E-state index in [1.807, 2.05) is 30.7 Å². The average Bonchev–Trinajstić information content (AvgIpc) is 3.90. The molecule has 0 aliphatic carbocycles. The molecule has 6 nitrogen and oxygen atoms in total. The molecule has 11 rings (SSSR count). The van der Waals surface area contributed by atoms with E-state index in [1.54, 1.807) is 0 Å². The van der Waals surface area contributed by atoms with Gasteiger partial charge in [-0.15, -0.1) is 0 Å². The van der Waals surface area contributed by atoms with Crippen molar-refractivity contribution in [2.75, 3.05) is 0 Å². The second-order valence-electron chi connectivity index (χ2n) is 16.0. The van der Waals surface area contributed by atoms with Crippen molar-refractivity contribution >= 4 is 54.8 Å². The van der Waals surface area contributed by atoms with Crippen LogP contribution in [0.25, 0.3) is 88.3 Å². The lowest BCUT2D eigenvalue weighted by Crippen LogP contribution is -1.99. The summed E-state index contributed by atoms with van der Waals surface area (Å²) in [5, 5.41) is 5.36. The van der Waals surface area contributed by atoms with E-state index in [0.717, 1.165) is 66.6 Å². The fraction of sp³-hybridized carbons (Fsp3) is 0.113. The second-order valence-corrected chi connectivity index (χ2v) is 16.0. The van der Waals surface area contributed by atoms with Crippen molar-refractivity contribution in [2.24, 2.45) is 0 Å². The molecule has 0 saturated carbocycles. The number of pyridine rings is 3. The average molecular weight is 764 g/mol. The number of aryl methyl sites for hydroxylation is 6. The molecule has 6 heteroatoms. The first-order valence-corrected chi connectivity index (χ1v) is 20.2. The first-order valence-electron chi connectivity index (χ1n) is 20.2. The predicted molar refractivity (Wildman–Crippen MR) is 243 cm³/mol. The zero-order valence-electron chi connectivity index (χ0n) is 33.9. The Balaban J connectivity index is 1.13. The van der Waals surface area contributed by atoms with Gasteiger partial charge in [-0.25, -0.2) is 9.97 Å². The van der Waals surface area contributed by atoms with Gasteiger partial charge in [0.05, 0.1) is 28.4 Å². The highest BCUT2D eigenvalue weighted by atomic mass is 16.5. The number of rotatable bonds is 5. The maximum atomic E-state index is 6.81. The van der Waals surface area contributed by atoms with E-state index in [9.17, 15) is 0 Å². The number of hydrogen-bond donors (Lipinski definition) is 0. The van der Waals surface area contributed by atoms with Crippen LogP contribution in [-0.2, 0) is 0 Å². The molecule has 0 unspecified atom stereocenters. The fourth-order valence-corrected chi connectivity index (χ4v) is 9.76.